The fourth-order valence-corrected chi connectivity index (χ4v) is 9.25. The van der Waals surface area contributed by atoms with Gasteiger partial charge in [-0.05, 0) is 41.3 Å². The van der Waals surface area contributed by atoms with E-state index in [-0.39, 0.29) is 36.5 Å². The molecule has 10 bridgehead atoms. The van der Waals surface area contributed by atoms with E-state index in [0.717, 1.165) is 50.5 Å². The number of phenols is 1. The van der Waals surface area contributed by atoms with Crippen LogP contribution >= 0.6 is 0 Å². The van der Waals surface area contributed by atoms with E-state index in [1.807, 2.05) is 50.2 Å². The molecular weight excluding hydrogens is 717 g/mol. The van der Waals surface area contributed by atoms with Gasteiger partial charge in [0, 0.05) is 54.0 Å². The van der Waals surface area contributed by atoms with Crippen LogP contribution in [0.4, 0.5) is 10.5 Å². The number of aromatic nitrogens is 3. The Kier molecular flexibility index (Phi) is 7.16. The number of alkyl carbamates (subject to hydrolysis) is 1. The second kappa shape index (κ2) is 11.7. The number of anilines is 1. The topological polar surface area (TPSA) is 177 Å². The van der Waals surface area contributed by atoms with Crippen molar-refractivity contribution < 1.29 is 33.0 Å². The second-order valence-corrected chi connectivity index (χ2v) is 22.1. The molecule has 1 spiro atoms. The number of aromatic amines is 1. The SMILES string of the molecule is CC(C)[C@@H]1NC(=O)[C@@H](NC(=O)OCC[Si](C)(C)C)Cc2ccc3c(c2)[C@]24c5cccc(c5N[C@H]2O3)-c2ccc(O)c3[nH]cc(c23)-c2cnc(o2)-c2nc1oc24. The molecule has 280 valence electrons. The van der Waals surface area contributed by atoms with Gasteiger partial charge in [-0.15, -0.1) is 0 Å². The number of benzene rings is 3. The molecule has 55 heavy (non-hydrogen) atoms. The van der Waals surface area contributed by atoms with Crippen molar-refractivity contribution in [2.45, 2.75) is 69.7 Å². The summed E-state index contributed by atoms with van der Waals surface area (Å²) in [6, 6.07) is 14.7. The Labute approximate surface area is 316 Å². The molecule has 0 radical (unpaired) electrons. The van der Waals surface area contributed by atoms with E-state index in [1.165, 1.54) is 0 Å². The summed E-state index contributed by atoms with van der Waals surface area (Å²) in [5, 5.41) is 21.5. The van der Waals surface area contributed by atoms with Crippen LogP contribution in [0, 0.1) is 5.92 Å². The van der Waals surface area contributed by atoms with Crippen LogP contribution in [0.1, 0.15) is 48.2 Å². The summed E-state index contributed by atoms with van der Waals surface area (Å²) in [5.41, 5.74) is 5.68. The lowest BCUT2D eigenvalue weighted by molar-refractivity contribution is -0.124. The summed E-state index contributed by atoms with van der Waals surface area (Å²) in [4.78, 5) is 40.5. The summed E-state index contributed by atoms with van der Waals surface area (Å²) in [5.74, 6) is 1.61. The van der Waals surface area contributed by atoms with Gasteiger partial charge in [-0.3, -0.25) is 4.79 Å². The Morgan fingerprint density at radius 2 is 1.93 bits per heavy atom. The number of ether oxygens (including phenoxy) is 2. The third-order valence-electron chi connectivity index (χ3n) is 11.3. The number of para-hydroxylation sites is 1. The van der Waals surface area contributed by atoms with Crippen molar-refractivity contribution in [3.63, 3.8) is 0 Å². The summed E-state index contributed by atoms with van der Waals surface area (Å²) >= 11 is 0. The Morgan fingerprint density at radius 1 is 1.07 bits per heavy atom. The molecule has 14 heteroatoms. The zero-order valence-electron chi connectivity index (χ0n) is 31.0. The number of H-pyrrole nitrogens is 1. The number of oxazole rings is 2. The monoisotopic (exact) mass is 756 g/mol. The Bertz CT molecular complexity index is 2580. The maximum atomic E-state index is 14.2. The number of rotatable bonds is 5. The summed E-state index contributed by atoms with van der Waals surface area (Å²) in [6.07, 6.45) is 2.33. The molecule has 4 atom stereocenters. The average molecular weight is 757 g/mol. The molecule has 13 nitrogen and oxygen atoms in total. The zero-order valence-corrected chi connectivity index (χ0v) is 32.0. The molecule has 4 aliphatic heterocycles. The van der Waals surface area contributed by atoms with Crippen LogP contribution in [-0.2, 0) is 21.4 Å². The maximum Gasteiger partial charge on any atom is 0.407 e. The summed E-state index contributed by atoms with van der Waals surface area (Å²) in [7, 11) is -1.45. The van der Waals surface area contributed by atoms with E-state index in [0.29, 0.717) is 28.5 Å². The highest BCUT2D eigenvalue weighted by Gasteiger charge is 2.61. The van der Waals surface area contributed by atoms with Crippen LogP contribution in [0.2, 0.25) is 25.7 Å². The fraction of sp³-hybridized carbons (Fsp3) is 0.317. The predicted molar refractivity (Wildman–Crippen MR) is 207 cm³/mol. The second-order valence-electron chi connectivity index (χ2n) is 16.4. The lowest BCUT2D eigenvalue weighted by Crippen LogP contribution is -2.50. The van der Waals surface area contributed by atoms with E-state index >= 15 is 0 Å². The third kappa shape index (κ3) is 4.96. The van der Waals surface area contributed by atoms with E-state index in [9.17, 15) is 14.7 Å². The quantitative estimate of drug-likeness (QED) is 0.111. The first-order chi connectivity index (χ1) is 26.4. The van der Waals surface area contributed by atoms with Gasteiger partial charge in [-0.25, -0.2) is 14.8 Å². The third-order valence-corrected chi connectivity index (χ3v) is 13.0. The van der Waals surface area contributed by atoms with Crippen LogP contribution in [-0.4, -0.2) is 59.0 Å². The van der Waals surface area contributed by atoms with Crippen molar-refractivity contribution in [3.05, 3.63) is 89.3 Å². The molecular formula is C41H40N6O7Si. The number of phenolic OH excluding ortho intramolecular Hbond substituents is 1. The van der Waals surface area contributed by atoms with E-state index in [1.54, 1.807) is 18.5 Å². The normalized spacial score (nSPS) is 21.6. The minimum absolute atomic E-state index is 0.110. The molecule has 0 fully saturated rings. The van der Waals surface area contributed by atoms with E-state index in [2.05, 4.69) is 46.6 Å². The molecule has 0 aliphatic carbocycles. The minimum atomic E-state index is -1.45. The van der Waals surface area contributed by atoms with Gasteiger partial charge >= 0.3 is 6.09 Å². The van der Waals surface area contributed by atoms with Crippen molar-refractivity contribution in [1.29, 1.82) is 0 Å². The van der Waals surface area contributed by atoms with Gasteiger partial charge in [0.05, 0.1) is 18.3 Å². The highest BCUT2D eigenvalue weighted by Crippen LogP contribution is 2.61. The molecule has 6 aromatic rings. The van der Waals surface area contributed by atoms with Gasteiger partial charge in [-0.2, -0.15) is 0 Å². The predicted octanol–water partition coefficient (Wildman–Crippen LogP) is 7.44. The largest absolute Gasteiger partial charge is 0.506 e. The molecule has 0 saturated heterocycles. The number of aromatic hydroxyl groups is 1. The van der Waals surface area contributed by atoms with Crippen LogP contribution in [0.5, 0.6) is 11.5 Å². The Hall–Kier alpha value is -6.02. The molecule has 2 amide bonds. The molecule has 0 unspecified atom stereocenters. The Balaban J connectivity index is 1.21. The number of carbonyl (C=O) groups excluding carboxylic acids is 2. The van der Waals surface area contributed by atoms with Crippen LogP contribution in [0.3, 0.4) is 0 Å². The number of amides is 2. The van der Waals surface area contributed by atoms with Crippen molar-refractivity contribution in [3.8, 4) is 45.5 Å². The minimum Gasteiger partial charge on any atom is -0.506 e. The molecule has 5 N–H and O–H groups in total. The molecule has 10 rings (SSSR count). The van der Waals surface area contributed by atoms with Crippen LogP contribution < -0.4 is 20.7 Å². The van der Waals surface area contributed by atoms with Crippen molar-refractivity contribution in [1.82, 2.24) is 25.6 Å². The van der Waals surface area contributed by atoms with Crippen LogP contribution in [0.25, 0.3) is 44.9 Å². The lowest BCUT2D eigenvalue weighted by Gasteiger charge is -2.28. The van der Waals surface area contributed by atoms with Gasteiger partial charge in [0.25, 0.3) is 0 Å². The van der Waals surface area contributed by atoms with Crippen molar-refractivity contribution in [2.75, 3.05) is 11.9 Å². The highest BCUT2D eigenvalue weighted by molar-refractivity contribution is 6.76. The zero-order chi connectivity index (χ0) is 38.0. The molecule has 3 aromatic carbocycles. The van der Waals surface area contributed by atoms with Crippen molar-refractivity contribution >= 4 is 36.7 Å². The highest BCUT2D eigenvalue weighted by atomic mass is 28.3. The molecule has 0 saturated carbocycles. The molecule has 3 aromatic heterocycles. The molecule has 7 heterocycles. The van der Waals surface area contributed by atoms with Gasteiger partial charge in [0.15, 0.2) is 23.4 Å². The maximum absolute atomic E-state index is 14.2. The first-order valence-corrected chi connectivity index (χ1v) is 22.4. The number of nitrogens with zero attached hydrogens (tertiary/aromatic N) is 2. The molecule has 4 aliphatic rings. The van der Waals surface area contributed by atoms with Crippen LogP contribution in [0.15, 0.2) is 69.8 Å². The first kappa shape index (κ1) is 33.5. The average Bonchev–Trinajstić information content (AvgIpc) is 3.96. The summed E-state index contributed by atoms with van der Waals surface area (Å²) < 4.78 is 26.0. The van der Waals surface area contributed by atoms with Crippen molar-refractivity contribution in [2.24, 2.45) is 5.92 Å². The van der Waals surface area contributed by atoms with Gasteiger partial charge in [0.1, 0.15) is 29.0 Å². The Morgan fingerprint density at radius 3 is 2.75 bits per heavy atom. The first-order valence-electron chi connectivity index (χ1n) is 18.7. The number of hydrogen-bond donors (Lipinski definition) is 5. The van der Waals surface area contributed by atoms with E-state index < -0.39 is 43.8 Å². The van der Waals surface area contributed by atoms with E-state index in [4.69, 9.17) is 28.3 Å². The number of nitrogens with one attached hydrogen (secondary N) is 4. The number of fused-ring (bicyclic) bond motifs is 7. The standard InChI is InChI=1S/C41H40N6O7Si/c1-19(2)31-38-46-34-35(54-38)41-24-8-6-7-22(21-10-11-27(48)33-30(21)23(17-42-33)29-18-43-37(34)52-29)32(24)47-39(41)53-28-12-9-20(15-25(28)41)16-26(36(49)45-31)44-40(50)51-13-14-55(3,4)5/h6-12,15,17-19,26,31,39,42,47-48H,13-14,16H2,1-5H3,(H,44,50)(H,45,49)/t26-,31-,39-,41-/m0/s1. The fourth-order valence-electron chi connectivity index (χ4n) is 8.54. The smallest absolute Gasteiger partial charge is 0.407 e. The van der Waals surface area contributed by atoms with Gasteiger partial charge in [0.2, 0.25) is 17.7 Å². The van der Waals surface area contributed by atoms with Gasteiger partial charge < -0.3 is 44.3 Å². The number of carbonyl (C=O) groups is 2. The van der Waals surface area contributed by atoms with Gasteiger partial charge in [-0.1, -0.05) is 63.8 Å². The lowest BCUT2D eigenvalue weighted by atomic mass is 9.72. The summed E-state index contributed by atoms with van der Waals surface area (Å²) in [6.45, 7) is 10.9. The number of hydrogen-bond acceptors (Lipinski definition) is 10.